The lowest BCUT2D eigenvalue weighted by molar-refractivity contribution is -0.159. The minimum absolute atomic E-state index is 0.265. The fraction of sp³-hybridized carbons (Fsp3) is 0.286. The number of ketones is 2. The van der Waals surface area contributed by atoms with E-state index in [-0.39, 0.29) is 12.6 Å². The molecule has 0 aliphatic carbocycles. The van der Waals surface area contributed by atoms with Gasteiger partial charge in [-0.05, 0) is 6.92 Å². The van der Waals surface area contributed by atoms with Crippen molar-refractivity contribution in [1.82, 2.24) is 0 Å². The maximum atomic E-state index is 10.8. The van der Waals surface area contributed by atoms with Gasteiger partial charge in [-0.1, -0.05) is 0 Å². The number of rotatable bonds is 5. The Morgan fingerprint density at radius 3 is 1.62 bits per heavy atom. The molecule has 0 aromatic carbocycles. The van der Waals surface area contributed by atoms with Crippen LogP contribution in [0.1, 0.15) is 6.92 Å². The van der Waals surface area contributed by atoms with E-state index in [1.54, 1.807) is 0 Å². The van der Waals surface area contributed by atoms with Crippen LogP contribution in [0.2, 0.25) is 0 Å². The maximum Gasteiger partial charge on any atom is 0.374 e. The summed E-state index contributed by atoms with van der Waals surface area (Å²) in [5.41, 5.74) is -2.67. The first-order valence-corrected chi connectivity index (χ1v) is 3.13. The van der Waals surface area contributed by atoms with Crippen LogP contribution in [0, 0.1) is 5.41 Å². The molecule has 0 fully saturated rings. The molecule has 0 unspecified atom stereocenters. The third-order valence-electron chi connectivity index (χ3n) is 1.52. The molecule has 0 amide bonds. The van der Waals surface area contributed by atoms with Gasteiger partial charge < -0.3 is 14.7 Å². The zero-order valence-corrected chi connectivity index (χ0v) is 6.64. The monoisotopic (exact) mass is 186 g/mol. The molecule has 13 heavy (non-hydrogen) atoms. The molecule has 0 aliphatic heterocycles. The molecular formula is C7H6O6. The Morgan fingerprint density at radius 2 is 1.54 bits per heavy atom. The first-order chi connectivity index (χ1) is 5.92. The average Bonchev–Trinajstić information content (AvgIpc) is 2.06. The lowest BCUT2D eigenvalue weighted by Crippen LogP contribution is -2.45. The van der Waals surface area contributed by atoms with Crippen molar-refractivity contribution in [1.29, 1.82) is 0 Å². The van der Waals surface area contributed by atoms with Gasteiger partial charge in [0.2, 0.25) is 5.41 Å². The van der Waals surface area contributed by atoms with Crippen LogP contribution in [0.3, 0.4) is 0 Å². The highest BCUT2D eigenvalue weighted by atomic mass is 16.4. The van der Waals surface area contributed by atoms with Crippen LogP contribution >= 0.6 is 0 Å². The van der Waals surface area contributed by atoms with E-state index in [1.165, 1.54) is 0 Å². The third-order valence-corrected chi connectivity index (χ3v) is 1.52. The largest absolute Gasteiger partial charge is 0.475 e. The van der Waals surface area contributed by atoms with Crippen molar-refractivity contribution < 1.29 is 29.1 Å². The van der Waals surface area contributed by atoms with Crippen LogP contribution in [0.5, 0.6) is 0 Å². The van der Waals surface area contributed by atoms with E-state index >= 15 is 0 Å². The molecule has 0 bridgehead atoms. The van der Waals surface area contributed by atoms with Gasteiger partial charge in [-0.15, -0.1) is 0 Å². The molecule has 0 heterocycles. The number of carbonyl (C=O) groups is 5. The van der Waals surface area contributed by atoms with E-state index in [0.29, 0.717) is 0 Å². The first-order valence-electron chi connectivity index (χ1n) is 3.13. The lowest BCUT2D eigenvalue weighted by Gasteiger charge is -2.12. The van der Waals surface area contributed by atoms with Gasteiger partial charge >= 0.3 is 5.97 Å². The number of hydrogen-bond donors (Lipinski definition) is 1. The van der Waals surface area contributed by atoms with E-state index in [2.05, 4.69) is 0 Å². The highest BCUT2D eigenvalue weighted by Crippen LogP contribution is 2.13. The summed E-state index contributed by atoms with van der Waals surface area (Å²) >= 11 is 0. The van der Waals surface area contributed by atoms with Gasteiger partial charge in [0, 0.05) is 0 Å². The van der Waals surface area contributed by atoms with E-state index in [0.717, 1.165) is 6.92 Å². The van der Waals surface area contributed by atoms with Gasteiger partial charge in [-0.3, -0.25) is 9.59 Å². The second-order valence-electron chi connectivity index (χ2n) is 2.30. The van der Waals surface area contributed by atoms with Crippen LogP contribution in [-0.4, -0.2) is 35.2 Å². The molecule has 0 aromatic rings. The van der Waals surface area contributed by atoms with Crippen molar-refractivity contribution in [3.05, 3.63) is 0 Å². The van der Waals surface area contributed by atoms with Crippen LogP contribution in [-0.2, 0) is 24.0 Å². The predicted molar refractivity (Wildman–Crippen MR) is 37.9 cm³/mol. The topological polar surface area (TPSA) is 106 Å². The van der Waals surface area contributed by atoms with Gasteiger partial charge in [0.1, 0.15) is 12.6 Å². The molecule has 6 nitrogen and oxygen atoms in total. The van der Waals surface area contributed by atoms with Crippen molar-refractivity contribution >= 4 is 30.1 Å². The Morgan fingerprint density at radius 1 is 1.15 bits per heavy atom. The summed E-state index contributed by atoms with van der Waals surface area (Å²) in [5, 5.41) is 8.21. The number of hydrogen-bond acceptors (Lipinski definition) is 5. The molecular weight excluding hydrogens is 180 g/mol. The Kier molecular flexibility index (Phi) is 3.18. The summed E-state index contributed by atoms with van der Waals surface area (Å²) in [7, 11) is 0. The summed E-state index contributed by atoms with van der Waals surface area (Å²) in [6, 6.07) is 0. The molecule has 0 aliphatic rings. The molecule has 70 valence electrons. The van der Waals surface area contributed by atoms with Crippen LogP contribution in [0.4, 0.5) is 0 Å². The minimum atomic E-state index is -2.67. The number of aliphatic carboxylic acids is 1. The number of carboxylic acids is 1. The third kappa shape index (κ3) is 1.66. The normalized spacial score (nSPS) is 10.2. The molecule has 0 aromatic heterocycles. The molecule has 0 spiro atoms. The second kappa shape index (κ2) is 3.70. The molecule has 0 rings (SSSR count). The van der Waals surface area contributed by atoms with Crippen LogP contribution < -0.4 is 0 Å². The van der Waals surface area contributed by atoms with Gasteiger partial charge in [-0.2, -0.15) is 0 Å². The molecule has 1 N–H and O–H groups in total. The fourth-order valence-electron chi connectivity index (χ4n) is 0.638. The quantitative estimate of drug-likeness (QED) is 0.322. The van der Waals surface area contributed by atoms with E-state index in [9.17, 15) is 24.0 Å². The fourth-order valence-corrected chi connectivity index (χ4v) is 0.638. The van der Waals surface area contributed by atoms with Crippen molar-refractivity contribution in [3.63, 3.8) is 0 Å². The van der Waals surface area contributed by atoms with Gasteiger partial charge in [0.05, 0.1) is 0 Å². The maximum absolute atomic E-state index is 10.8. The smallest absolute Gasteiger partial charge is 0.374 e. The number of aldehydes is 2. The van der Waals surface area contributed by atoms with Crippen molar-refractivity contribution in [2.45, 2.75) is 6.92 Å². The van der Waals surface area contributed by atoms with E-state index in [4.69, 9.17) is 5.11 Å². The number of carboxylic acid groups (broad SMARTS) is 1. The summed E-state index contributed by atoms with van der Waals surface area (Å²) in [4.78, 5) is 52.3. The predicted octanol–water partition coefficient (Wildman–Crippen LogP) is -1.39. The number of carbonyl (C=O) groups excluding carboxylic acids is 4. The molecule has 0 saturated heterocycles. The Balaban J connectivity index is 5.35. The second-order valence-corrected chi connectivity index (χ2v) is 2.30. The van der Waals surface area contributed by atoms with E-state index in [1.807, 2.05) is 0 Å². The average molecular weight is 186 g/mol. The Hall–Kier alpha value is -1.85. The van der Waals surface area contributed by atoms with Crippen LogP contribution in [0.15, 0.2) is 0 Å². The van der Waals surface area contributed by atoms with Gasteiger partial charge in [-0.25, -0.2) is 4.79 Å². The zero-order valence-electron chi connectivity index (χ0n) is 6.64. The molecule has 0 atom stereocenters. The lowest BCUT2D eigenvalue weighted by atomic mass is 9.83. The van der Waals surface area contributed by atoms with Gasteiger partial charge in [0.25, 0.3) is 5.78 Å². The summed E-state index contributed by atoms with van der Waals surface area (Å²) in [6.45, 7) is 0.795. The van der Waals surface area contributed by atoms with Crippen molar-refractivity contribution in [2.24, 2.45) is 5.41 Å². The zero-order chi connectivity index (χ0) is 10.6. The standard InChI is InChI=1S/C7H6O6/c1-4(10)7(2-8,3-9)5(11)6(12)13/h2-3H,1H3,(H,12,13). The summed E-state index contributed by atoms with van der Waals surface area (Å²) in [5.74, 6) is -4.83. The van der Waals surface area contributed by atoms with Crippen LogP contribution in [0.25, 0.3) is 0 Å². The molecule has 0 radical (unpaired) electrons. The highest BCUT2D eigenvalue weighted by molar-refractivity contribution is 6.48. The Bertz CT molecular complexity index is 281. The minimum Gasteiger partial charge on any atom is -0.475 e. The van der Waals surface area contributed by atoms with Crippen molar-refractivity contribution in [2.75, 3.05) is 0 Å². The highest BCUT2D eigenvalue weighted by Gasteiger charge is 2.47. The van der Waals surface area contributed by atoms with Crippen molar-refractivity contribution in [3.8, 4) is 0 Å². The SMILES string of the molecule is CC(=O)C(C=O)(C=O)C(=O)C(=O)O. The Labute approximate surface area is 72.5 Å². The molecule has 0 saturated carbocycles. The summed E-state index contributed by atoms with van der Waals surface area (Å²) in [6.07, 6.45) is -0.530. The first kappa shape index (κ1) is 11.2. The van der Waals surface area contributed by atoms with Gasteiger partial charge in [0.15, 0.2) is 5.78 Å². The van der Waals surface area contributed by atoms with E-state index < -0.39 is 23.0 Å². The molecule has 6 heteroatoms. The number of Topliss-reactive ketones (excluding diaryl/α,β-unsaturated/α-hetero) is 2. The summed E-state index contributed by atoms with van der Waals surface area (Å²) < 4.78 is 0.